The molecular formula is C9H16BrN3. The molecule has 1 rings (SSSR count). The summed E-state index contributed by atoms with van der Waals surface area (Å²) in [5.41, 5.74) is 5.49. The predicted molar refractivity (Wildman–Crippen MR) is 59.7 cm³/mol. The van der Waals surface area contributed by atoms with Gasteiger partial charge in [0.2, 0.25) is 0 Å². The van der Waals surface area contributed by atoms with E-state index in [1.54, 1.807) is 0 Å². The molecule has 3 nitrogen and oxygen atoms in total. The molecule has 1 N–H and O–H groups in total. The molecule has 0 unspecified atom stereocenters. The van der Waals surface area contributed by atoms with Crippen molar-refractivity contribution in [2.24, 2.45) is 5.10 Å². The molecule has 0 radical (unpaired) electrons. The number of nitrogens with one attached hydrogen (secondary N) is 1. The number of hydrazone groups is 1. The van der Waals surface area contributed by atoms with E-state index in [9.17, 15) is 0 Å². The molecule has 0 spiro atoms. The molecule has 0 bridgehead atoms. The van der Waals surface area contributed by atoms with Crippen LogP contribution in [-0.4, -0.2) is 22.1 Å². The van der Waals surface area contributed by atoms with E-state index < -0.39 is 0 Å². The SMILES string of the molecule is CC1=C(CBr)N(C(C)(C)C)NN=C1. The van der Waals surface area contributed by atoms with Crippen LogP contribution in [-0.2, 0) is 0 Å². The Balaban J connectivity index is 2.96. The smallest absolute Gasteiger partial charge is 0.0541 e. The van der Waals surface area contributed by atoms with Crippen LogP contribution in [0.4, 0.5) is 0 Å². The van der Waals surface area contributed by atoms with Crippen molar-refractivity contribution in [2.75, 3.05) is 5.33 Å². The van der Waals surface area contributed by atoms with Crippen LogP contribution in [0.25, 0.3) is 0 Å². The lowest BCUT2D eigenvalue weighted by Gasteiger charge is -2.39. The third-order valence-electron chi connectivity index (χ3n) is 1.94. The van der Waals surface area contributed by atoms with E-state index in [0.717, 1.165) is 5.33 Å². The highest BCUT2D eigenvalue weighted by atomic mass is 79.9. The van der Waals surface area contributed by atoms with E-state index in [0.29, 0.717) is 0 Å². The number of nitrogens with zero attached hydrogens (tertiary/aromatic N) is 2. The first-order chi connectivity index (χ1) is 5.96. The number of halogens is 1. The van der Waals surface area contributed by atoms with E-state index in [1.165, 1.54) is 11.3 Å². The predicted octanol–water partition coefficient (Wildman–Crippen LogP) is 2.26. The molecule has 1 aliphatic heterocycles. The Bertz CT molecular complexity index is 250. The third kappa shape index (κ3) is 2.24. The van der Waals surface area contributed by atoms with Gasteiger partial charge in [0.05, 0.1) is 17.5 Å². The van der Waals surface area contributed by atoms with Gasteiger partial charge in [-0.25, -0.2) is 5.53 Å². The van der Waals surface area contributed by atoms with E-state index in [4.69, 9.17) is 0 Å². The van der Waals surface area contributed by atoms with Crippen LogP contribution in [0, 0.1) is 0 Å². The van der Waals surface area contributed by atoms with Gasteiger partial charge in [0.1, 0.15) is 0 Å². The van der Waals surface area contributed by atoms with Gasteiger partial charge in [0.25, 0.3) is 0 Å². The summed E-state index contributed by atoms with van der Waals surface area (Å²) < 4.78 is 0. The summed E-state index contributed by atoms with van der Waals surface area (Å²) in [6, 6.07) is 0. The van der Waals surface area contributed by atoms with E-state index in [1.807, 2.05) is 6.21 Å². The van der Waals surface area contributed by atoms with Gasteiger partial charge in [0.15, 0.2) is 0 Å². The zero-order valence-electron chi connectivity index (χ0n) is 8.56. The van der Waals surface area contributed by atoms with E-state index >= 15 is 0 Å². The minimum atomic E-state index is 0.0438. The largest absolute Gasteiger partial charge is 0.270 e. The lowest BCUT2D eigenvalue weighted by Crippen LogP contribution is -2.49. The molecule has 13 heavy (non-hydrogen) atoms. The molecule has 0 aromatic heterocycles. The number of rotatable bonds is 1. The number of hydrogen-bond donors (Lipinski definition) is 1. The highest BCUT2D eigenvalue weighted by Gasteiger charge is 2.25. The monoisotopic (exact) mass is 245 g/mol. The minimum absolute atomic E-state index is 0.0438. The van der Waals surface area contributed by atoms with Crippen molar-refractivity contribution in [3.63, 3.8) is 0 Å². The topological polar surface area (TPSA) is 27.6 Å². The molecule has 0 saturated carbocycles. The minimum Gasteiger partial charge on any atom is -0.270 e. The number of hydrazine groups is 1. The average molecular weight is 246 g/mol. The molecule has 0 aliphatic carbocycles. The summed E-state index contributed by atoms with van der Waals surface area (Å²) in [5, 5.41) is 7.00. The van der Waals surface area contributed by atoms with Gasteiger partial charge >= 0.3 is 0 Å². The Morgan fingerprint density at radius 1 is 1.54 bits per heavy atom. The highest BCUT2D eigenvalue weighted by molar-refractivity contribution is 9.09. The zero-order chi connectivity index (χ0) is 10.1. The Morgan fingerprint density at radius 3 is 2.54 bits per heavy atom. The van der Waals surface area contributed by atoms with Gasteiger partial charge < -0.3 is 0 Å². The summed E-state index contributed by atoms with van der Waals surface area (Å²) in [7, 11) is 0. The second-order valence-electron chi connectivity index (χ2n) is 4.13. The van der Waals surface area contributed by atoms with Crippen LogP contribution in [0.3, 0.4) is 0 Å². The first-order valence-corrected chi connectivity index (χ1v) is 5.43. The Morgan fingerprint density at radius 2 is 2.15 bits per heavy atom. The van der Waals surface area contributed by atoms with Crippen molar-refractivity contribution in [3.8, 4) is 0 Å². The molecular weight excluding hydrogens is 230 g/mol. The highest BCUT2D eigenvalue weighted by Crippen LogP contribution is 2.22. The molecule has 4 heteroatoms. The van der Waals surface area contributed by atoms with Gasteiger partial charge in [-0.1, -0.05) is 15.9 Å². The molecule has 0 fully saturated rings. The van der Waals surface area contributed by atoms with Crippen molar-refractivity contribution < 1.29 is 0 Å². The van der Waals surface area contributed by atoms with Crippen LogP contribution >= 0.6 is 15.9 Å². The van der Waals surface area contributed by atoms with Gasteiger partial charge in [-0.15, -0.1) is 0 Å². The normalized spacial score (nSPS) is 17.8. The molecule has 0 aromatic carbocycles. The average Bonchev–Trinajstić information content (AvgIpc) is 2.02. The van der Waals surface area contributed by atoms with E-state index in [-0.39, 0.29) is 5.54 Å². The van der Waals surface area contributed by atoms with Crippen molar-refractivity contribution >= 4 is 22.1 Å². The molecule has 0 amide bonds. The van der Waals surface area contributed by atoms with Crippen molar-refractivity contribution in [2.45, 2.75) is 33.2 Å². The fourth-order valence-electron chi connectivity index (χ4n) is 1.21. The molecule has 0 saturated heterocycles. The molecule has 1 heterocycles. The third-order valence-corrected chi connectivity index (χ3v) is 2.47. The van der Waals surface area contributed by atoms with Crippen molar-refractivity contribution in [1.82, 2.24) is 10.5 Å². The van der Waals surface area contributed by atoms with Crippen molar-refractivity contribution in [1.29, 1.82) is 0 Å². The quantitative estimate of drug-likeness (QED) is 0.718. The molecule has 0 aromatic rings. The first kappa shape index (κ1) is 10.6. The molecule has 0 atom stereocenters. The Hall–Kier alpha value is -0.510. The lowest BCUT2D eigenvalue weighted by atomic mass is 10.1. The maximum atomic E-state index is 4.08. The fraction of sp³-hybridized carbons (Fsp3) is 0.667. The standard InChI is InChI=1S/C9H16BrN3/c1-7-6-11-12-13(8(7)5-10)9(2,3)4/h6,12H,5H2,1-4H3. The summed E-state index contributed by atoms with van der Waals surface area (Å²) in [6.07, 6.45) is 1.85. The maximum absolute atomic E-state index is 4.08. The van der Waals surface area contributed by atoms with Crippen LogP contribution in [0.1, 0.15) is 27.7 Å². The summed E-state index contributed by atoms with van der Waals surface area (Å²) in [5.74, 6) is 0. The van der Waals surface area contributed by atoms with Crippen LogP contribution in [0.2, 0.25) is 0 Å². The second kappa shape index (κ2) is 3.70. The maximum Gasteiger partial charge on any atom is 0.0541 e. The lowest BCUT2D eigenvalue weighted by molar-refractivity contribution is 0.118. The number of alkyl halides is 1. The number of allylic oxidation sites excluding steroid dienone is 2. The van der Waals surface area contributed by atoms with Crippen LogP contribution < -0.4 is 5.53 Å². The van der Waals surface area contributed by atoms with Crippen LogP contribution in [0.5, 0.6) is 0 Å². The van der Waals surface area contributed by atoms with Gasteiger partial charge in [-0.2, -0.15) is 5.10 Å². The van der Waals surface area contributed by atoms with Crippen LogP contribution in [0.15, 0.2) is 16.4 Å². The van der Waals surface area contributed by atoms with Gasteiger partial charge in [-0.3, -0.25) is 5.01 Å². The Kier molecular flexibility index (Phi) is 3.01. The van der Waals surface area contributed by atoms with Crippen molar-refractivity contribution in [3.05, 3.63) is 11.3 Å². The second-order valence-corrected chi connectivity index (χ2v) is 4.69. The Labute approximate surface area is 88.0 Å². The van der Waals surface area contributed by atoms with Gasteiger partial charge in [-0.05, 0) is 33.3 Å². The number of hydrogen-bond acceptors (Lipinski definition) is 3. The zero-order valence-corrected chi connectivity index (χ0v) is 10.1. The van der Waals surface area contributed by atoms with Gasteiger partial charge in [0, 0.05) is 5.33 Å². The summed E-state index contributed by atoms with van der Waals surface area (Å²) in [6.45, 7) is 8.52. The summed E-state index contributed by atoms with van der Waals surface area (Å²) in [4.78, 5) is 0. The molecule has 1 aliphatic rings. The summed E-state index contributed by atoms with van der Waals surface area (Å²) >= 11 is 3.48. The fourth-order valence-corrected chi connectivity index (χ4v) is 1.91. The van der Waals surface area contributed by atoms with E-state index in [2.05, 4.69) is 59.3 Å². The molecule has 74 valence electrons. The first-order valence-electron chi connectivity index (χ1n) is 4.31.